The zero-order valence-corrected chi connectivity index (χ0v) is 13.4. The Balaban J connectivity index is 1.95. The monoisotopic (exact) mass is 289 g/mol. The van der Waals surface area contributed by atoms with E-state index >= 15 is 0 Å². The summed E-state index contributed by atoms with van der Waals surface area (Å²) in [6.07, 6.45) is 5.18. The molecule has 1 aliphatic rings. The van der Waals surface area contributed by atoms with Crippen molar-refractivity contribution in [2.45, 2.75) is 40.0 Å². The summed E-state index contributed by atoms with van der Waals surface area (Å²) >= 11 is 0. The lowest BCUT2D eigenvalue weighted by Crippen LogP contribution is -2.33. The number of piperidine rings is 1. The van der Waals surface area contributed by atoms with Crippen molar-refractivity contribution in [2.75, 3.05) is 24.5 Å². The van der Waals surface area contributed by atoms with Gasteiger partial charge in [-0.05, 0) is 43.2 Å². The lowest BCUT2D eigenvalue weighted by molar-refractivity contribution is 0.0947. The van der Waals surface area contributed by atoms with Crippen LogP contribution in [0.25, 0.3) is 0 Å². The molecule has 1 saturated heterocycles. The molecular formula is C17H27N3O. The fraction of sp³-hybridized carbons (Fsp3) is 0.647. The fourth-order valence-corrected chi connectivity index (χ4v) is 2.57. The zero-order chi connectivity index (χ0) is 15.2. The van der Waals surface area contributed by atoms with Crippen molar-refractivity contribution >= 4 is 11.6 Å². The minimum Gasteiger partial charge on any atom is -0.371 e. The SMILES string of the molecule is CC(C)CCNC(=O)c1cc(N2CCC(C)CC2)ccn1. The summed E-state index contributed by atoms with van der Waals surface area (Å²) in [4.78, 5) is 18.7. The number of amides is 1. The average Bonchev–Trinajstić information content (AvgIpc) is 2.47. The molecule has 0 radical (unpaired) electrons. The molecule has 0 atom stereocenters. The number of aromatic nitrogens is 1. The first-order valence-electron chi connectivity index (χ1n) is 8.05. The molecule has 0 spiro atoms. The van der Waals surface area contributed by atoms with Crippen LogP contribution < -0.4 is 10.2 Å². The molecule has 2 heterocycles. The second-order valence-electron chi connectivity index (χ2n) is 6.51. The van der Waals surface area contributed by atoms with Gasteiger partial charge in [0.05, 0.1) is 0 Å². The largest absolute Gasteiger partial charge is 0.371 e. The number of pyridine rings is 1. The third kappa shape index (κ3) is 4.73. The summed E-state index contributed by atoms with van der Waals surface area (Å²) in [5.74, 6) is 1.34. The molecule has 0 aliphatic carbocycles. The Bertz CT molecular complexity index is 465. The van der Waals surface area contributed by atoms with Gasteiger partial charge < -0.3 is 10.2 Å². The van der Waals surface area contributed by atoms with Gasteiger partial charge in [-0.1, -0.05) is 20.8 Å². The van der Waals surface area contributed by atoms with E-state index in [1.165, 1.54) is 12.8 Å². The molecule has 0 saturated carbocycles. The Morgan fingerprint density at radius 1 is 1.43 bits per heavy atom. The van der Waals surface area contributed by atoms with Gasteiger partial charge in [0.15, 0.2) is 0 Å². The van der Waals surface area contributed by atoms with E-state index < -0.39 is 0 Å². The Labute approximate surface area is 127 Å². The molecule has 1 aliphatic heterocycles. The summed E-state index contributed by atoms with van der Waals surface area (Å²) < 4.78 is 0. The summed E-state index contributed by atoms with van der Waals surface area (Å²) in [5.41, 5.74) is 1.64. The Hall–Kier alpha value is -1.58. The fourth-order valence-electron chi connectivity index (χ4n) is 2.57. The van der Waals surface area contributed by atoms with Crippen molar-refractivity contribution in [1.29, 1.82) is 0 Å². The third-order valence-corrected chi connectivity index (χ3v) is 4.13. The number of carbonyl (C=O) groups excluding carboxylic acids is 1. The average molecular weight is 289 g/mol. The third-order valence-electron chi connectivity index (χ3n) is 4.13. The quantitative estimate of drug-likeness (QED) is 0.906. The van der Waals surface area contributed by atoms with Gasteiger partial charge in [0.2, 0.25) is 0 Å². The predicted molar refractivity (Wildman–Crippen MR) is 86.6 cm³/mol. The van der Waals surface area contributed by atoms with Crippen LogP contribution in [0.15, 0.2) is 18.3 Å². The first kappa shape index (κ1) is 15.8. The number of anilines is 1. The van der Waals surface area contributed by atoms with E-state index in [0.29, 0.717) is 18.2 Å². The van der Waals surface area contributed by atoms with Gasteiger partial charge in [-0.25, -0.2) is 0 Å². The first-order valence-corrected chi connectivity index (χ1v) is 8.05. The van der Waals surface area contributed by atoms with Crippen LogP contribution in [0.3, 0.4) is 0 Å². The van der Waals surface area contributed by atoms with Crippen molar-refractivity contribution in [1.82, 2.24) is 10.3 Å². The van der Waals surface area contributed by atoms with Crippen LogP contribution in [0.2, 0.25) is 0 Å². The lowest BCUT2D eigenvalue weighted by Gasteiger charge is -2.32. The van der Waals surface area contributed by atoms with E-state index in [9.17, 15) is 4.79 Å². The molecule has 116 valence electrons. The molecule has 1 N–H and O–H groups in total. The molecule has 0 aromatic carbocycles. The Kier molecular flexibility index (Phi) is 5.59. The van der Waals surface area contributed by atoms with Crippen molar-refractivity contribution < 1.29 is 4.79 Å². The topological polar surface area (TPSA) is 45.2 Å². The van der Waals surface area contributed by atoms with Crippen LogP contribution in [0, 0.1) is 11.8 Å². The first-order chi connectivity index (χ1) is 10.1. The number of nitrogens with zero attached hydrogens (tertiary/aromatic N) is 2. The highest BCUT2D eigenvalue weighted by Crippen LogP contribution is 2.22. The summed E-state index contributed by atoms with van der Waals surface area (Å²) in [7, 11) is 0. The molecule has 1 fully saturated rings. The Morgan fingerprint density at radius 2 is 2.14 bits per heavy atom. The molecule has 4 heteroatoms. The number of hydrogen-bond acceptors (Lipinski definition) is 3. The zero-order valence-electron chi connectivity index (χ0n) is 13.4. The summed E-state index contributed by atoms with van der Waals surface area (Å²) in [5, 5.41) is 2.95. The highest BCUT2D eigenvalue weighted by molar-refractivity contribution is 5.93. The standard InChI is InChI=1S/C17H27N3O/c1-13(2)4-8-19-17(21)16-12-15(5-9-18-16)20-10-6-14(3)7-11-20/h5,9,12-14H,4,6-8,10-11H2,1-3H3,(H,19,21). The van der Waals surface area contributed by atoms with Crippen LogP contribution in [0.1, 0.15) is 50.5 Å². The molecule has 1 aromatic rings. The summed E-state index contributed by atoms with van der Waals surface area (Å²) in [6.45, 7) is 9.46. The Morgan fingerprint density at radius 3 is 2.81 bits per heavy atom. The van der Waals surface area contributed by atoms with Gasteiger partial charge >= 0.3 is 0 Å². The van der Waals surface area contributed by atoms with E-state index in [-0.39, 0.29) is 5.91 Å². The van der Waals surface area contributed by atoms with Gasteiger partial charge in [-0.3, -0.25) is 9.78 Å². The maximum absolute atomic E-state index is 12.1. The van der Waals surface area contributed by atoms with Crippen molar-refractivity contribution in [3.05, 3.63) is 24.0 Å². The van der Waals surface area contributed by atoms with Crippen LogP contribution in [-0.4, -0.2) is 30.5 Å². The molecule has 21 heavy (non-hydrogen) atoms. The predicted octanol–water partition coefficient (Wildman–Crippen LogP) is 3.09. The number of nitrogens with one attached hydrogen (secondary N) is 1. The normalized spacial score (nSPS) is 16.3. The number of hydrogen-bond donors (Lipinski definition) is 1. The van der Waals surface area contributed by atoms with Gasteiger partial charge in [0.25, 0.3) is 5.91 Å². The van der Waals surface area contributed by atoms with Crippen molar-refractivity contribution in [3.63, 3.8) is 0 Å². The molecule has 4 nitrogen and oxygen atoms in total. The van der Waals surface area contributed by atoms with E-state index in [1.54, 1.807) is 6.20 Å². The van der Waals surface area contributed by atoms with Crippen LogP contribution in [0.4, 0.5) is 5.69 Å². The van der Waals surface area contributed by atoms with Crippen molar-refractivity contribution in [3.8, 4) is 0 Å². The highest BCUT2D eigenvalue weighted by atomic mass is 16.1. The smallest absolute Gasteiger partial charge is 0.269 e. The minimum absolute atomic E-state index is 0.0668. The highest BCUT2D eigenvalue weighted by Gasteiger charge is 2.17. The second-order valence-corrected chi connectivity index (χ2v) is 6.51. The molecule has 1 amide bonds. The number of rotatable bonds is 5. The van der Waals surface area contributed by atoms with Crippen LogP contribution >= 0.6 is 0 Å². The maximum atomic E-state index is 12.1. The maximum Gasteiger partial charge on any atom is 0.269 e. The number of carbonyl (C=O) groups is 1. The van der Waals surface area contributed by atoms with Crippen molar-refractivity contribution in [2.24, 2.45) is 11.8 Å². The van der Waals surface area contributed by atoms with E-state index in [2.05, 4.69) is 36.0 Å². The van der Waals surface area contributed by atoms with Crippen LogP contribution in [0.5, 0.6) is 0 Å². The lowest BCUT2D eigenvalue weighted by atomic mass is 9.99. The van der Waals surface area contributed by atoms with Gasteiger partial charge in [-0.15, -0.1) is 0 Å². The van der Waals surface area contributed by atoms with Gasteiger partial charge in [0, 0.05) is 31.5 Å². The molecule has 1 aromatic heterocycles. The van der Waals surface area contributed by atoms with E-state index in [0.717, 1.165) is 31.1 Å². The van der Waals surface area contributed by atoms with E-state index in [4.69, 9.17) is 0 Å². The van der Waals surface area contributed by atoms with Gasteiger partial charge in [0.1, 0.15) is 5.69 Å². The van der Waals surface area contributed by atoms with Crippen LogP contribution in [-0.2, 0) is 0 Å². The van der Waals surface area contributed by atoms with E-state index in [1.807, 2.05) is 12.1 Å². The van der Waals surface area contributed by atoms with Gasteiger partial charge in [-0.2, -0.15) is 0 Å². The second kappa shape index (κ2) is 7.43. The molecule has 2 rings (SSSR count). The minimum atomic E-state index is -0.0668. The molecule has 0 unspecified atom stereocenters. The summed E-state index contributed by atoms with van der Waals surface area (Å²) in [6, 6.07) is 3.92. The molecular weight excluding hydrogens is 262 g/mol. The molecule has 0 bridgehead atoms.